The highest BCUT2D eigenvalue weighted by Crippen LogP contribution is 2.36. The number of fused-ring (bicyclic) bond motifs is 2. The number of hydrogen-bond donors (Lipinski definition) is 1. The van der Waals surface area contributed by atoms with Gasteiger partial charge in [0.15, 0.2) is 5.82 Å². The largest absolute Gasteiger partial charge is 0.444 e. The van der Waals surface area contributed by atoms with Gasteiger partial charge < -0.3 is 24.1 Å². The zero-order valence-corrected chi connectivity index (χ0v) is 24.3. The molecule has 4 heterocycles. The number of amides is 2. The van der Waals surface area contributed by atoms with Gasteiger partial charge in [0, 0.05) is 48.7 Å². The minimum Gasteiger partial charge on any atom is -0.444 e. The Kier molecular flexibility index (Phi) is 7.02. The quantitative estimate of drug-likeness (QED) is 0.187. The fourth-order valence-electron chi connectivity index (χ4n) is 5.69. The van der Waals surface area contributed by atoms with Crippen molar-refractivity contribution in [2.24, 2.45) is 18.1 Å². The molecule has 1 unspecified atom stereocenters. The number of nitrogens with zero attached hydrogens (tertiary/aromatic N) is 8. The third-order valence-electron chi connectivity index (χ3n) is 7.92. The van der Waals surface area contributed by atoms with E-state index in [0.29, 0.717) is 24.4 Å². The highest BCUT2D eigenvalue weighted by molar-refractivity contribution is 5.98. The van der Waals surface area contributed by atoms with Crippen LogP contribution in [0.5, 0.6) is 0 Å². The number of carbonyl (C=O) groups is 2. The molecule has 3 aromatic heterocycles. The van der Waals surface area contributed by atoms with E-state index in [1.54, 1.807) is 25.7 Å². The number of ether oxygens (including phenoxy) is 1. The van der Waals surface area contributed by atoms with Gasteiger partial charge in [0.05, 0.1) is 28.8 Å². The summed E-state index contributed by atoms with van der Waals surface area (Å²) in [6.07, 6.45) is 4.09. The first-order valence-corrected chi connectivity index (χ1v) is 14.4. The second-order valence-electron chi connectivity index (χ2n) is 12.3. The molecule has 1 aliphatic carbocycles. The molecule has 12 heteroatoms. The number of benzene rings is 1. The number of likely N-dealkylation sites (tertiary alicyclic amines) is 1. The van der Waals surface area contributed by atoms with Crippen molar-refractivity contribution in [3.8, 4) is 11.5 Å². The molecule has 218 valence electrons. The maximum atomic E-state index is 13.7. The fraction of sp³-hybridized carbons (Fsp3) is 0.467. The number of rotatable bonds is 6. The maximum absolute atomic E-state index is 13.7. The second-order valence-corrected chi connectivity index (χ2v) is 12.3. The van der Waals surface area contributed by atoms with Crippen LogP contribution < -0.4 is 5.32 Å². The van der Waals surface area contributed by atoms with Crippen molar-refractivity contribution in [1.82, 2.24) is 29.3 Å². The molecule has 12 nitrogen and oxygen atoms in total. The molecule has 1 saturated heterocycles. The summed E-state index contributed by atoms with van der Waals surface area (Å²) in [5.74, 6) is 1.31. The average molecular weight is 570 g/mol. The van der Waals surface area contributed by atoms with Gasteiger partial charge in [-0.25, -0.2) is 14.8 Å². The summed E-state index contributed by atoms with van der Waals surface area (Å²) >= 11 is 0. The van der Waals surface area contributed by atoms with Crippen molar-refractivity contribution < 1.29 is 14.3 Å². The van der Waals surface area contributed by atoms with E-state index in [-0.39, 0.29) is 12.5 Å². The van der Waals surface area contributed by atoms with Crippen LogP contribution in [-0.2, 0) is 18.3 Å². The fourth-order valence-corrected chi connectivity index (χ4v) is 5.69. The van der Waals surface area contributed by atoms with Gasteiger partial charge in [0.25, 0.3) is 5.91 Å². The molecular formula is C30H35N9O3. The highest BCUT2D eigenvalue weighted by Gasteiger charge is 2.34. The Hall–Kier alpha value is -4.57. The lowest BCUT2D eigenvalue weighted by molar-refractivity contribution is 0.0437. The highest BCUT2D eigenvalue weighted by atomic mass is 16.6. The van der Waals surface area contributed by atoms with E-state index in [2.05, 4.69) is 41.6 Å². The lowest BCUT2D eigenvalue weighted by Gasteiger charge is -2.37. The van der Waals surface area contributed by atoms with Crippen LogP contribution in [0.1, 0.15) is 50.4 Å². The van der Waals surface area contributed by atoms with Crippen molar-refractivity contribution in [2.45, 2.75) is 64.3 Å². The smallest absolute Gasteiger partial charge is 0.407 e. The first-order chi connectivity index (χ1) is 20.1. The van der Waals surface area contributed by atoms with Crippen LogP contribution in [-0.4, -0.2) is 66.8 Å². The van der Waals surface area contributed by atoms with Crippen LogP contribution in [0.4, 0.5) is 4.79 Å². The number of alkyl carbamates (subject to hydrolysis) is 1. The van der Waals surface area contributed by atoms with E-state index in [9.17, 15) is 9.59 Å². The summed E-state index contributed by atoms with van der Waals surface area (Å²) in [5.41, 5.74) is 12.5. The molecule has 2 fully saturated rings. The van der Waals surface area contributed by atoms with Crippen LogP contribution in [0.2, 0.25) is 0 Å². The molecule has 2 aliphatic rings. The van der Waals surface area contributed by atoms with Gasteiger partial charge in [-0.05, 0) is 87.9 Å². The van der Waals surface area contributed by atoms with Gasteiger partial charge in [0.1, 0.15) is 11.2 Å². The predicted molar refractivity (Wildman–Crippen MR) is 159 cm³/mol. The van der Waals surface area contributed by atoms with E-state index in [0.717, 1.165) is 40.1 Å². The van der Waals surface area contributed by atoms with Gasteiger partial charge in [-0.2, -0.15) is 0 Å². The zero-order chi connectivity index (χ0) is 29.6. The Balaban J connectivity index is 1.27. The molecule has 0 bridgehead atoms. The van der Waals surface area contributed by atoms with Crippen LogP contribution in [0.25, 0.3) is 44.0 Å². The van der Waals surface area contributed by atoms with Crippen LogP contribution >= 0.6 is 0 Å². The summed E-state index contributed by atoms with van der Waals surface area (Å²) in [5, 5.41) is 7.74. The maximum Gasteiger partial charge on any atom is 0.407 e. The molecule has 1 aliphatic heterocycles. The van der Waals surface area contributed by atoms with Crippen molar-refractivity contribution >= 4 is 34.1 Å². The third-order valence-corrected chi connectivity index (χ3v) is 7.92. The SMILES string of the molecule is Cn1c(-c2cc3cccnc3n2CC2CC2)nc2cc(C(=O)N3CCC(N=[N+]=[N-])[C@@H](NC(=O)OC(C)(C)C)C3)ccc21. The van der Waals surface area contributed by atoms with Crippen LogP contribution in [0.3, 0.4) is 0 Å². The van der Waals surface area contributed by atoms with Crippen molar-refractivity contribution in [1.29, 1.82) is 0 Å². The number of azide groups is 1. The Morgan fingerprint density at radius 3 is 2.74 bits per heavy atom. The number of imidazole rings is 1. The predicted octanol–water partition coefficient (Wildman–Crippen LogP) is 5.42. The molecule has 1 saturated carbocycles. The molecule has 6 rings (SSSR count). The van der Waals surface area contributed by atoms with Crippen LogP contribution in [0.15, 0.2) is 47.7 Å². The lowest BCUT2D eigenvalue weighted by atomic mass is 9.99. The summed E-state index contributed by atoms with van der Waals surface area (Å²) in [4.78, 5) is 40.4. The Morgan fingerprint density at radius 1 is 1.19 bits per heavy atom. The number of piperidine rings is 1. The Morgan fingerprint density at radius 2 is 2.00 bits per heavy atom. The number of hydrogen-bond acceptors (Lipinski definition) is 6. The molecular weight excluding hydrogens is 534 g/mol. The van der Waals surface area contributed by atoms with E-state index in [1.807, 2.05) is 37.5 Å². The normalized spacial score (nSPS) is 19.1. The zero-order valence-electron chi connectivity index (χ0n) is 24.3. The number of nitrogens with one attached hydrogen (secondary N) is 1. The molecule has 2 amide bonds. The molecule has 0 radical (unpaired) electrons. The average Bonchev–Trinajstić information content (AvgIpc) is 3.62. The van der Waals surface area contributed by atoms with E-state index in [1.165, 1.54) is 12.8 Å². The standard InChI is InChI=1S/C30H35N9O3/c1-30(2,3)42-29(41)34-23-17-38(13-11-21(23)35-36-31)28(40)20-9-10-24-22(14-20)33-27(37(24)4)25-15-19-6-5-12-32-26(19)39(25)16-18-7-8-18/h5-6,9-10,12,14-15,18,21,23H,7-8,11,13,16-17H2,1-4H3,(H,34,41)/t21?,23-/m0/s1. The van der Waals surface area contributed by atoms with Crippen LogP contribution in [0, 0.1) is 5.92 Å². The van der Waals surface area contributed by atoms with E-state index in [4.69, 9.17) is 15.3 Å². The summed E-state index contributed by atoms with van der Waals surface area (Å²) in [6.45, 7) is 6.83. The van der Waals surface area contributed by atoms with Crippen molar-refractivity contribution in [3.05, 3.63) is 58.6 Å². The lowest BCUT2D eigenvalue weighted by Crippen LogP contribution is -2.56. The first kappa shape index (κ1) is 27.6. The Bertz CT molecular complexity index is 1720. The summed E-state index contributed by atoms with van der Waals surface area (Å²) < 4.78 is 9.73. The molecule has 1 N–H and O–H groups in total. The van der Waals surface area contributed by atoms with E-state index < -0.39 is 23.8 Å². The Labute approximate surface area is 243 Å². The number of aromatic nitrogens is 4. The molecule has 0 spiro atoms. The molecule has 1 aromatic carbocycles. The number of aryl methyl sites for hydroxylation is 1. The van der Waals surface area contributed by atoms with Gasteiger partial charge in [-0.15, -0.1) is 0 Å². The minimum absolute atomic E-state index is 0.175. The monoisotopic (exact) mass is 569 g/mol. The van der Waals surface area contributed by atoms with Gasteiger partial charge in [-0.3, -0.25) is 4.79 Å². The second kappa shape index (κ2) is 10.7. The van der Waals surface area contributed by atoms with E-state index >= 15 is 0 Å². The molecule has 2 atom stereocenters. The van der Waals surface area contributed by atoms with Gasteiger partial charge in [-0.1, -0.05) is 5.11 Å². The van der Waals surface area contributed by atoms with Crippen molar-refractivity contribution in [2.75, 3.05) is 13.1 Å². The third kappa shape index (κ3) is 5.49. The van der Waals surface area contributed by atoms with Crippen molar-refractivity contribution in [3.63, 3.8) is 0 Å². The summed E-state index contributed by atoms with van der Waals surface area (Å²) in [7, 11) is 1.99. The van der Waals surface area contributed by atoms with Gasteiger partial charge in [0.2, 0.25) is 0 Å². The minimum atomic E-state index is -0.679. The topological polar surface area (TPSA) is 143 Å². The number of carbonyl (C=O) groups excluding carboxylic acids is 2. The molecule has 4 aromatic rings. The summed E-state index contributed by atoms with van der Waals surface area (Å²) in [6, 6.07) is 10.7. The number of pyridine rings is 1. The first-order valence-electron chi connectivity index (χ1n) is 14.4. The molecule has 42 heavy (non-hydrogen) atoms. The van der Waals surface area contributed by atoms with Gasteiger partial charge >= 0.3 is 6.09 Å².